The molecule has 1 aromatic rings. The highest BCUT2D eigenvalue weighted by molar-refractivity contribution is 5.97. The van der Waals surface area contributed by atoms with Crippen molar-refractivity contribution in [2.24, 2.45) is 0 Å². The lowest BCUT2D eigenvalue weighted by Gasteiger charge is -2.18. The van der Waals surface area contributed by atoms with Crippen molar-refractivity contribution in [2.45, 2.75) is 20.8 Å². The number of aryl methyl sites for hydroxylation is 3. The Morgan fingerprint density at radius 1 is 1.06 bits per heavy atom. The molecule has 0 bridgehead atoms. The number of hydrogen-bond acceptors (Lipinski definition) is 1. The Morgan fingerprint density at radius 2 is 1.56 bits per heavy atom. The maximum atomic E-state index is 12.3. The van der Waals surface area contributed by atoms with Crippen LogP contribution in [0, 0.1) is 20.8 Å². The first kappa shape index (κ1) is 10.9. The first-order valence-electron chi connectivity index (χ1n) is 5.61. The van der Waals surface area contributed by atoms with Crippen LogP contribution < -0.4 is 0 Å². The molecule has 1 heterocycles. The van der Waals surface area contributed by atoms with Gasteiger partial charge in [0.05, 0.1) is 0 Å². The summed E-state index contributed by atoms with van der Waals surface area (Å²) in [7, 11) is 0. The van der Waals surface area contributed by atoms with Crippen LogP contribution >= 0.6 is 0 Å². The molecule has 0 atom stereocenters. The highest BCUT2D eigenvalue weighted by atomic mass is 16.2. The van der Waals surface area contributed by atoms with E-state index in [1.165, 1.54) is 5.56 Å². The molecule has 0 radical (unpaired) electrons. The Bertz CT molecular complexity index is 429. The van der Waals surface area contributed by atoms with Crippen LogP contribution in [0.4, 0.5) is 0 Å². The van der Waals surface area contributed by atoms with Crippen LogP contribution in [-0.2, 0) is 0 Å². The van der Waals surface area contributed by atoms with Gasteiger partial charge in [0.15, 0.2) is 0 Å². The number of carbonyl (C=O) groups is 1. The minimum atomic E-state index is 0.153. The molecule has 84 valence electrons. The molecule has 16 heavy (non-hydrogen) atoms. The largest absolute Gasteiger partial charge is 0.331 e. The summed E-state index contributed by atoms with van der Waals surface area (Å²) >= 11 is 0. The van der Waals surface area contributed by atoms with Crippen molar-refractivity contribution < 1.29 is 4.79 Å². The minimum absolute atomic E-state index is 0.153. The molecule has 1 aliphatic rings. The van der Waals surface area contributed by atoms with Gasteiger partial charge in [-0.15, -0.1) is 0 Å². The summed E-state index contributed by atoms with van der Waals surface area (Å²) in [6.45, 7) is 7.57. The molecular weight excluding hydrogens is 198 g/mol. The van der Waals surface area contributed by atoms with E-state index in [9.17, 15) is 4.79 Å². The highest BCUT2D eigenvalue weighted by Gasteiger charge is 2.19. The van der Waals surface area contributed by atoms with Crippen LogP contribution in [-0.4, -0.2) is 23.9 Å². The molecule has 0 saturated carbocycles. The van der Waals surface area contributed by atoms with Gasteiger partial charge in [-0.05, 0) is 31.9 Å². The van der Waals surface area contributed by atoms with Crippen LogP contribution in [0.3, 0.4) is 0 Å². The molecule has 0 unspecified atom stereocenters. The molecular formula is C14H17NO. The Hall–Kier alpha value is -1.57. The molecule has 0 aliphatic carbocycles. The fourth-order valence-corrected chi connectivity index (χ4v) is 2.32. The Morgan fingerprint density at radius 3 is 2.06 bits per heavy atom. The van der Waals surface area contributed by atoms with Crippen molar-refractivity contribution in [2.75, 3.05) is 13.1 Å². The predicted molar refractivity (Wildman–Crippen MR) is 65.7 cm³/mol. The molecule has 0 aromatic heterocycles. The van der Waals surface area contributed by atoms with Gasteiger partial charge in [-0.1, -0.05) is 29.8 Å². The third-order valence-corrected chi connectivity index (χ3v) is 3.00. The maximum absolute atomic E-state index is 12.3. The third kappa shape index (κ3) is 1.87. The monoisotopic (exact) mass is 215 g/mol. The van der Waals surface area contributed by atoms with Crippen LogP contribution in [0.25, 0.3) is 0 Å². The number of hydrogen-bond donors (Lipinski definition) is 0. The van der Waals surface area contributed by atoms with Gasteiger partial charge in [-0.3, -0.25) is 4.79 Å². The van der Waals surface area contributed by atoms with Crippen LogP contribution in [0.15, 0.2) is 24.3 Å². The Kier molecular flexibility index (Phi) is 2.82. The van der Waals surface area contributed by atoms with E-state index in [4.69, 9.17) is 0 Å². The average Bonchev–Trinajstić information content (AvgIpc) is 2.67. The fourth-order valence-electron chi connectivity index (χ4n) is 2.32. The molecule has 2 nitrogen and oxygen atoms in total. The minimum Gasteiger partial charge on any atom is -0.331 e. The number of rotatable bonds is 1. The number of carbonyl (C=O) groups excluding carboxylic acids is 1. The van der Waals surface area contributed by atoms with E-state index >= 15 is 0 Å². The van der Waals surface area contributed by atoms with Crippen molar-refractivity contribution in [3.8, 4) is 0 Å². The summed E-state index contributed by atoms with van der Waals surface area (Å²) in [5.74, 6) is 0.153. The second-order valence-electron chi connectivity index (χ2n) is 4.46. The van der Waals surface area contributed by atoms with Gasteiger partial charge in [0, 0.05) is 18.7 Å². The molecule has 0 fully saturated rings. The summed E-state index contributed by atoms with van der Waals surface area (Å²) < 4.78 is 0. The van der Waals surface area contributed by atoms with E-state index in [1.54, 1.807) is 0 Å². The molecule has 0 saturated heterocycles. The van der Waals surface area contributed by atoms with E-state index < -0.39 is 0 Å². The zero-order valence-corrected chi connectivity index (χ0v) is 10.1. The number of amides is 1. The van der Waals surface area contributed by atoms with Gasteiger partial charge < -0.3 is 4.90 Å². The molecule has 2 rings (SSSR count). The summed E-state index contributed by atoms with van der Waals surface area (Å²) in [6.07, 6.45) is 4.08. The first-order chi connectivity index (χ1) is 7.59. The Balaban J connectivity index is 2.36. The predicted octanol–water partition coefficient (Wildman–Crippen LogP) is 2.62. The second-order valence-corrected chi connectivity index (χ2v) is 4.46. The zero-order chi connectivity index (χ0) is 11.7. The quantitative estimate of drug-likeness (QED) is 0.659. The molecule has 1 aliphatic heterocycles. The van der Waals surface area contributed by atoms with E-state index in [1.807, 2.05) is 30.9 Å². The first-order valence-corrected chi connectivity index (χ1v) is 5.61. The summed E-state index contributed by atoms with van der Waals surface area (Å²) in [5.41, 5.74) is 4.24. The molecule has 2 heteroatoms. The normalized spacial score (nSPS) is 14.6. The summed E-state index contributed by atoms with van der Waals surface area (Å²) in [6, 6.07) is 4.15. The summed E-state index contributed by atoms with van der Waals surface area (Å²) in [5, 5.41) is 0. The van der Waals surface area contributed by atoms with Crippen molar-refractivity contribution in [3.63, 3.8) is 0 Å². The Labute approximate surface area is 96.6 Å². The average molecular weight is 215 g/mol. The van der Waals surface area contributed by atoms with Gasteiger partial charge in [0.1, 0.15) is 0 Å². The lowest BCUT2D eigenvalue weighted by molar-refractivity contribution is 0.0798. The van der Waals surface area contributed by atoms with Crippen LogP contribution in [0.1, 0.15) is 27.0 Å². The third-order valence-electron chi connectivity index (χ3n) is 3.00. The lowest BCUT2D eigenvalue weighted by atomic mass is 9.99. The highest BCUT2D eigenvalue weighted by Crippen LogP contribution is 2.19. The molecule has 1 aromatic carbocycles. The van der Waals surface area contributed by atoms with Crippen molar-refractivity contribution in [3.05, 3.63) is 46.5 Å². The van der Waals surface area contributed by atoms with Gasteiger partial charge >= 0.3 is 0 Å². The number of benzene rings is 1. The molecule has 0 spiro atoms. The van der Waals surface area contributed by atoms with Crippen molar-refractivity contribution in [1.82, 2.24) is 4.90 Å². The maximum Gasteiger partial charge on any atom is 0.254 e. The SMILES string of the molecule is Cc1cc(C)c(C(=O)N2CC=CC2)c(C)c1. The standard InChI is InChI=1S/C14H17NO/c1-10-8-11(2)13(12(3)9-10)14(16)15-6-4-5-7-15/h4-5,8-9H,6-7H2,1-3H3. The summed E-state index contributed by atoms with van der Waals surface area (Å²) in [4.78, 5) is 14.2. The topological polar surface area (TPSA) is 20.3 Å². The van der Waals surface area contributed by atoms with Crippen LogP contribution in [0.2, 0.25) is 0 Å². The van der Waals surface area contributed by atoms with Crippen molar-refractivity contribution >= 4 is 5.91 Å². The van der Waals surface area contributed by atoms with E-state index in [-0.39, 0.29) is 5.91 Å². The van der Waals surface area contributed by atoms with E-state index in [0.717, 1.165) is 29.8 Å². The van der Waals surface area contributed by atoms with Gasteiger partial charge in [0.25, 0.3) is 5.91 Å². The van der Waals surface area contributed by atoms with Crippen molar-refractivity contribution in [1.29, 1.82) is 0 Å². The second kappa shape index (κ2) is 4.12. The van der Waals surface area contributed by atoms with E-state index in [2.05, 4.69) is 19.1 Å². The molecule has 1 amide bonds. The van der Waals surface area contributed by atoms with Crippen LogP contribution in [0.5, 0.6) is 0 Å². The van der Waals surface area contributed by atoms with Gasteiger partial charge in [-0.2, -0.15) is 0 Å². The van der Waals surface area contributed by atoms with E-state index in [0.29, 0.717) is 0 Å². The lowest BCUT2D eigenvalue weighted by Crippen LogP contribution is -2.29. The number of nitrogens with zero attached hydrogens (tertiary/aromatic N) is 1. The molecule has 0 N–H and O–H groups in total. The fraction of sp³-hybridized carbons (Fsp3) is 0.357. The smallest absolute Gasteiger partial charge is 0.254 e. The van der Waals surface area contributed by atoms with Gasteiger partial charge in [0.2, 0.25) is 0 Å². The zero-order valence-electron chi connectivity index (χ0n) is 10.1. The van der Waals surface area contributed by atoms with Gasteiger partial charge in [-0.25, -0.2) is 0 Å².